The normalized spacial score (nSPS) is 19.7. The molecule has 5 rings (SSSR count). The van der Waals surface area contributed by atoms with E-state index in [1.807, 2.05) is 6.08 Å². The van der Waals surface area contributed by atoms with E-state index < -0.39 is 15.9 Å². The molecule has 39 heavy (non-hydrogen) atoms. The van der Waals surface area contributed by atoms with Crippen molar-refractivity contribution in [1.82, 2.24) is 5.01 Å². The van der Waals surface area contributed by atoms with Crippen LogP contribution in [0.3, 0.4) is 0 Å². The Morgan fingerprint density at radius 2 is 1.64 bits per heavy atom. The number of amides is 1. The Hall–Kier alpha value is -4.63. The molecule has 0 saturated heterocycles. The topological polar surface area (TPSA) is 119 Å². The van der Waals surface area contributed by atoms with Crippen LogP contribution in [-0.4, -0.2) is 26.5 Å². The summed E-state index contributed by atoms with van der Waals surface area (Å²) < 4.78 is 0. The van der Waals surface area contributed by atoms with Crippen LogP contribution in [0.4, 0.5) is 11.4 Å². The summed E-state index contributed by atoms with van der Waals surface area (Å²) in [5, 5.41) is 29.5. The van der Waals surface area contributed by atoms with Gasteiger partial charge in [0.05, 0.1) is 21.6 Å². The molecule has 9 nitrogen and oxygen atoms in total. The summed E-state index contributed by atoms with van der Waals surface area (Å²) in [5.41, 5.74) is 3.61. The van der Waals surface area contributed by atoms with E-state index >= 15 is 0 Å². The summed E-state index contributed by atoms with van der Waals surface area (Å²) in [7, 11) is 0. The van der Waals surface area contributed by atoms with Crippen molar-refractivity contribution in [3.63, 3.8) is 0 Å². The maximum atomic E-state index is 13.5. The second-order valence-electron chi connectivity index (χ2n) is 9.37. The van der Waals surface area contributed by atoms with Crippen LogP contribution >= 0.6 is 11.6 Å². The van der Waals surface area contributed by atoms with E-state index in [9.17, 15) is 25.0 Å². The lowest BCUT2D eigenvalue weighted by Gasteiger charge is -2.29. The minimum Gasteiger partial charge on any atom is -0.268 e. The SMILES string of the molecule is O=C(C=Cc1ccc(Cl)cc1)N1N=C2C(=Cc3cccc([N+](=O)[O-])c3)CCCC2C1c1cccc([N+](=O)[O-])c1. The molecule has 0 spiro atoms. The molecule has 10 heteroatoms. The van der Waals surface area contributed by atoms with Crippen molar-refractivity contribution in [2.45, 2.75) is 25.3 Å². The smallest absolute Gasteiger partial charge is 0.268 e. The molecule has 1 amide bonds. The molecule has 2 atom stereocenters. The van der Waals surface area contributed by atoms with Crippen LogP contribution in [-0.2, 0) is 4.79 Å². The molecular weight excluding hydrogens is 520 g/mol. The molecule has 3 aromatic rings. The second kappa shape index (κ2) is 11.0. The zero-order valence-corrected chi connectivity index (χ0v) is 21.4. The summed E-state index contributed by atoms with van der Waals surface area (Å²) in [6.45, 7) is 0. The van der Waals surface area contributed by atoms with Gasteiger partial charge >= 0.3 is 0 Å². The first-order chi connectivity index (χ1) is 18.8. The number of carbonyl (C=O) groups excluding carboxylic acids is 1. The molecule has 1 aliphatic carbocycles. The molecule has 1 aliphatic heterocycles. The number of nitro groups is 2. The highest BCUT2D eigenvalue weighted by Gasteiger charge is 2.43. The number of rotatable bonds is 6. The first kappa shape index (κ1) is 26.0. The van der Waals surface area contributed by atoms with Crippen molar-refractivity contribution in [3.05, 3.63) is 126 Å². The Kier molecular flexibility index (Phi) is 7.33. The Balaban J connectivity index is 1.54. The summed E-state index contributed by atoms with van der Waals surface area (Å²) in [6, 6.07) is 19.2. The van der Waals surface area contributed by atoms with Gasteiger partial charge in [0.2, 0.25) is 0 Å². The van der Waals surface area contributed by atoms with E-state index in [0.29, 0.717) is 22.6 Å². The average Bonchev–Trinajstić information content (AvgIpc) is 3.33. The zero-order chi connectivity index (χ0) is 27.5. The van der Waals surface area contributed by atoms with Gasteiger partial charge in [-0.2, -0.15) is 5.10 Å². The average molecular weight is 543 g/mol. The third-order valence-corrected chi connectivity index (χ3v) is 7.11. The number of fused-ring (bicyclic) bond motifs is 1. The number of benzene rings is 3. The molecule has 1 fully saturated rings. The highest BCUT2D eigenvalue weighted by atomic mass is 35.5. The van der Waals surface area contributed by atoms with Gasteiger partial charge in [0.25, 0.3) is 17.3 Å². The minimum atomic E-state index is -0.531. The van der Waals surface area contributed by atoms with Gasteiger partial charge in [0.1, 0.15) is 0 Å². The number of hydrogen-bond donors (Lipinski definition) is 0. The van der Waals surface area contributed by atoms with Crippen molar-refractivity contribution in [3.8, 4) is 0 Å². The Bertz CT molecular complexity index is 1550. The molecule has 196 valence electrons. The number of allylic oxidation sites excluding steroid dienone is 1. The summed E-state index contributed by atoms with van der Waals surface area (Å²) in [5.74, 6) is -0.545. The molecule has 1 saturated carbocycles. The van der Waals surface area contributed by atoms with Gasteiger partial charge in [0.15, 0.2) is 0 Å². The summed E-state index contributed by atoms with van der Waals surface area (Å²) >= 11 is 5.96. The number of nitrogens with zero attached hydrogens (tertiary/aromatic N) is 4. The van der Waals surface area contributed by atoms with Crippen molar-refractivity contribution in [2.24, 2.45) is 11.0 Å². The molecular formula is C29H23ClN4O5. The molecule has 0 radical (unpaired) electrons. The lowest BCUT2D eigenvalue weighted by atomic mass is 9.77. The van der Waals surface area contributed by atoms with E-state index in [4.69, 9.17) is 16.7 Å². The van der Waals surface area contributed by atoms with Crippen molar-refractivity contribution in [2.75, 3.05) is 0 Å². The first-order valence-corrected chi connectivity index (χ1v) is 12.7. The third-order valence-electron chi connectivity index (χ3n) is 6.86. The van der Waals surface area contributed by atoms with Crippen LogP contribution < -0.4 is 0 Å². The molecule has 2 aliphatic rings. The van der Waals surface area contributed by atoms with Crippen LogP contribution in [0, 0.1) is 26.1 Å². The van der Waals surface area contributed by atoms with E-state index in [-0.39, 0.29) is 23.2 Å². The Labute approximate surface area is 229 Å². The van der Waals surface area contributed by atoms with Crippen molar-refractivity contribution in [1.29, 1.82) is 0 Å². The highest BCUT2D eigenvalue weighted by Crippen LogP contribution is 2.45. The lowest BCUT2D eigenvalue weighted by molar-refractivity contribution is -0.385. The van der Waals surface area contributed by atoms with Gasteiger partial charge in [-0.05, 0) is 65.8 Å². The largest absolute Gasteiger partial charge is 0.270 e. The van der Waals surface area contributed by atoms with Crippen LogP contribution in [0.25, 0.3) is 12.2 Å². The molecule has 2 unspecified atom stereocenters. The highest BCUT2D eigenvalue weighted by molar-refractivity contribution is 6.30. The van der Waals surface area contributed by atoms with Crippen molar-refractivity contribution < 1.29 is 14.6 Å². The van der Waals surface area contributed by atoms with Gasteiger partial charge in [-0.15, -0.1) is 0 Å². The number of halogens is 1. The quantitative estimate of drug-likeness (QED) is 0.189. The van der Waals surface area contributed by atoms with Crippen LogP contribution in [0.2, 0.25) is 5.02 Å². The summed E-state index contributed by atoms with van der Waals surface area (Å²) in [6.07, 6.45) is 7.23. The second-order valence-corrected chi connectivity index (χ2v) is 9.81. The predicted octanol–water partition coefficient (Wildman–Crippen LogP) is 6.99. The summed E-state index contributed by atoms with van der Waals surface area (Å²) in [4.78, 5) is 35.4. The van der Waals surface area contributed by atoms with Gasteiger partial charge in [-0.3, -0.25) is 25.0 Å². The fraction of sp³-hybridized carbons (Fsp3) is 0.172. The van der Waals surface area contributed by atoms with Crippen LogP contribution in [0.15, 0.2) is 89.5 Å². The van der Waals surface area contributed by atoms with Gasteiger partial charge in [-0.25, -0.2) is 5.01 Å². The minimum absolute atomic E-state index is 0.0105. The monoisotopic (exact) mass is 542 g/mol. The number of hydrogen-bond acceptors (Lipinski definition) is 6. The first-order valence-electron chi connectivity index (χ1n) is 12.4. The number of non-ortho nitro benzene ring substituents is 2. The van der Waals surface area contributed by atoms with Gasteiger partial charge in [0, 0.05) is 41.3 Å². The standard InChI is InChI=1S/C29H23ClN4O5/c30-23-13-10-19(11-14-23)12-15-27(35)32-29(22-6-2-8-25(18-22)34(38)39)26-9-3-5-21(28(26)31-32)16-20-4-1-7-24(17-20)33(36)37/h1-2,4,6-8,10-18,26,29H,3,5,9H2. The van der Waals surface area contributed by atoms with E-state index in [1.165, 1.54) is 35.4 Å². The maximum absolute atomic E-state index is 13.5. The van der Waals surface area contributed by atoms with E-state index in [2.05, 4.69) is 0 Å². The van der Waals surface area contributed by atoms with Gasteiger partial charge < -0.3 is 0 Å². The predicted molar refractivity (Wildman–Crippen MR) is 149 cm³/mol. The zero-order valence-electron chi connectivity index (χ0n) is 20.6. The fourth-order valence-electron chi connectivity index (χ4n) is 5.09. The van der Waals surface area contributed by atoms with E-state index in [1.54, 1.807) is 54.6 Å². The fourth-order valence-corrected chi connectivity index (χ4v) is 5.21. The van der Waals surface area contributed by atoms with E-state index in [0.717, 1.165) is 29.7 Å². The lowest BCUT2D eigenvalue weighted by Crippen LogP contribution is -2.31. The molecule has 0 N–H and O–H groups in total. The number of nitro benzene ring substituents is 2. The molecule has 1 heterocycles. The number of carbonyl (C=O) groups is 1. The van der Waals surface area contributed by atoms with Gasteiger partial charge in [-0.1, -0.05) is 48.0 Å². The van der Waals surface area contributed by atoms with Crippen LogP contribution in [0.1, 0.15) is 42.0 Å². The molecule has 3 aromatic carbocycles. The molecule has 0 aromatic heterocycles. The third kappa shape index (κ3) is 5.63. The Morgan fingerprint density at radius 1 is 0.949 bits per heavy atom. The Morgan fingerprint density at radius 3 is 2.36 bits per heavy atom. The number of hydrazone groups is 1. The van der Waals surface area contributed by atoms with Crippen molar-refractivity contribution >= 4 is 46.7 Å². The molecule has 0 bridgehead atoms. The maximum Gasteiger partial charge on any atom is 0.270 e. The van der Waals surface area contributed by atoms with Crippen LogP contribution in [0.5, 0.6) is 0 Å².